The van der Waals surface area contributed by atoms with Crippen LogP contribution in [0.4, 0.5) is 25.0 Å². The molecule has 3 rings (SSSR count). The summed E-state index contributed by atoms with van der Waals surface area (Å²) in [6, 6.07) is 5.07. The summed E-state index contributed by atoms with van der Waals surface area (Å²) >= 11 is 0. The number of anilines is 2. The SMILES string of the molecule is Cc1ccc(NC(=O)CC2CCCC2(F)F)cc1N1CCNC1=O. The number of hydrogen-bond acceptors (Lipinski definition) is 2. The van der Waals surface area contributed by atoms with E-state index in [9.17, 15) is 18.4 Å². The number of hydrogen-bond donors (Lipinski definition) is 2. The van der Waals surface area contributed by atoms with Crippen LogP contribution in [0.3, 0.4) is 0 Å². The normalized spacial score (nSPS) is 22.5. The average molecular weight is 337 g/mol. The minimum atomic E-state index is -2.75. The van der Waals surface area contributed by atoms with Crippen LogP contribution >= 0.6 is 0 Å². The zero-order valence-electron chi connectivity index (χ0n) is 13.6. The summed E-state index contributed by atoms with van der Waals surface area (Å²) < 4.78 is 27.3. The van der Waals surface area contributed by atoms with Crippen LogP contribution in [0.2, 0.25) is 0 Å². The molecule has 1 atom stereocenters. The van der Waals surface area contributed by atoms with E-state index in [1.165, 1.54) is 0 Å². The molecule has 130 valence electrons. The van der Waals surface area contributed by atoms with Gasteiger partial charge in [-0.05, 0) is 37.5 Å². The molecule has 5 nitrogen and oxygen atoms in total. The van der Waals surface area contributed by atoms with E-state index in [2.05, 4.69) is 10.6 Å². The molecule has 1 saturated heterocycles. The third-order valence-corrected chi connectivity index (χ3v) is 4.73. The molecule has 0 radical (unpaired) electrons. The predicted molar refractivity (Wildman–Crippen MR) is 87.5 cm³/mol. The van der Waals surface area contributed by atoms with Gasteiger partial charge >= 0.3 is 6.03 Å². The van der Waals surface area contributed by atoms with E-state index in [1.54, 1.807) is 23.1 Å². The summed E-state index contributed by atoms with van der Waals surface area (Å²) in [7, 11) is 0. The van der Waals surface area contributed by atoms with Crippen LogP contribution < -0.4 is 15.5 Å². The van der Waals surface area contributed by atoms with Crippen LogP contribution in [0, 0.1) is 12.8 Å². The molecule has 1 saturated carbocycles. The van der Waals surface area contributed by atoms with Crippen molar-refractivity contribution in [2.24, 2.45) is 5.92 Å². The van der Waals surface area contributed by atoms with Gasteiger partial charge in [0.15, 0.2) is 0 Å². The Morgan fingerprint density at radius 2 is 2.25 bits per heavy atom. The van der Waals surface area contributed by atoms with E-state index < -0.39 is 17.7 Å². The van der Waals surface area contributed by atoms with E-state index in [0.29, 0.717) is 37.3 Å². The van der Waals surface area contributed by atoms with Crippen LogP contribution in [-0.4, -0.2) is 31.0 Å². The first-order chi connectivity index (χ1) is 11.4. The fourth-order valence-corrected chi connectivity index (χ4v) is 3.37. The Hall–Kier alpha value is -2.18. The molecule has 1 aliphatic heterocycles. The van der Waals surface area contributed by atoms with E-state index in [-0.39, 0.29) is 18.9 Å². The first kappa shape index (κ1) is 16.7. The highest BCUT2D eigenvalue weighted by Gasteiger charge is 2.44. The molecule has 1 aliphatic carbocycles. The molecule has 0 spiro atoms. The maximum atomic E-state index is 13.6. The van der Waals surface area contributed by atoms with Crippen LogP contribution in [0.25, 0.3) is 0 Å². The van der Waals surface area contributed by atoms with Gasteiger partial charge in [-0.3, -0.25) is 9.69 Å². The van der Waals surface area contributed by atoms with Crippen LogP contribution in [0.5, 0.6) is 0 Å². The van der Waals surface area contributed by atoms with Crippen LogP contribution in [0.15, 0.2) is 18.2 Å². The number of aryl methyl sites for hydroxylation is 1. The number of rotatable bonds is 4. The van der Waals surface area contributed by atoms with Crippen LogP contribution in [0.1, 0.15) is 31.2 Å². The fraction of sp³-hybridized carbons (Fsp3) is 0.529. The number of carbonyl (C=O) groups excluding carboxylic acids is 2. The molecule has 1 heterocycles. The minimum absolute atomic E-state index is 0.135. The lowest BCUT2D eigenvalue weighted by Crippen LogP contribution is -2.28. The maximum absolute atomic E-state index is 13.6. The average Bonchev–Trinajstić information content (AvgIpc) is 3.07. The maximum Gasteiger partial charge on any atom is 0.322 e. The Labute approximate surface area is 139 Å². The second-order valence-electron chi connectivity index (χ2n) is 6.49. The van der Waals surface area contributed by atoms with Crippen molar-refractivity contribution in [2.75, 3.05) is 23.3 Å². The van der Waals surface area contributed by atoms with Gasteiger partial charge in [-0.25, -0.2) is 13.6 Å². The third-order valence-electron chi connectivity index (χ3n) is 4.73. The van der Waals surface area contributed by atoms with E-state index in [0.717, 1.165) is 5.56 Å². The molecule has 0 aromatic heterocycles. The number of nitrogens with one attached hydrogen (secondary N) is 2. The monoisotopic (exact) mass is 337 g/mol. The highest BCUT2D eigenvalue weighted by Crippen LogP contribution is 2.42. The number of halogens is 2. The molecule has 2 aliphatic rings. The molecule has 2 N–H and O–H groups in total. The smallest absolute Gasteiger partial charge is 0.322 e. The number of carbonyl (C=O) groups is 2. The van der Waals surface area contributed by atoms with Crippen molar-refractivity contribution < 1.29 is 18.4 Å². The second-order valence-corrected chi connectivity index (χ2v) is 6.49. The summed E-state index contributed by atoms with van der Waals surface area (Å²) in [4.78, 5) is 25.5. The third kappa shape index (κ3) is 3.34. The zero-order valence-corrected chi connectivity index (χ0v) is 13.6. The largest absolute Gasteiger partial charge is 0.336 e. The second kappa shape index (κ2) is 6.37. The molecular weight excluding hydrogens is 316 g/mol. The van der Waals surface area contributed by atoms with Gasteiger partial charge < -0.3 is 10.6 Å². The lowest BCUT2D eigenvalue weighted by molar-refractivity contribution is -0.120. The van der Waals surface area contributed by atoms with Gasteiger partial charge in [0.05, 0.1) is 5.69 Å². The predicted octanol–water partition coefficient (Wildman–Crippen LogP) is 3.29. The molecule has 1 aromatic rings. The van der Waals surface area contributed by atoms with Crippen molar-refractivity contribution in [3.63, 3.8) is 0 Å². The van der Waals surface area contributed by atoms with Gasteiger partial charge in [0.2, 0.25) is 5.91 Å². The summed E-state index contributed by atoms with van der Waals surface area (Å²) in [6.07, 6.45) is 0.529. The van der Waals surface area contributed by atoms with E-state index in [1.807, 2.05) is 6.92 Å². The van der Waals surface area contributed by atoms with Crippen molar-refractivity contribution in [1.82, 2.24) is 5.32 Å². The molecule has 1 aromatic carbocycles. The molecule has 1 unspecified atom stereocenters. The molecular formula is C17H21F2N3O2. The lowest BCUT2D eigenvalue weighted by atomic mass is 10.0. The Bertz CT molecular complexity index is 663. The quantitative estimate of drug-likeness (QED) is 0.886. The number of amides is 3. The summed E-state index contributed by atoms with van der Waals surface area (Å²) in [5.41, 5.74) is 2.14. The number of alkyl halides is 2. The van der Waals surface area contributed by atoms with Gasteiger partial charge in [-0.2, -0.15) is 0 Å². The lowest BCUT2D eigenvalue weighted by Gasteiger charge is -2.20. The summed E-state index contributed by atoms with van der Waals surface area (Å²) in [5.74, 6) is -4.04. The molecule has 3 amide bonds. The van der Waals surface area contributed by atoms with E-state index in [4.69, 9.17) is 0 Å². The topological polar surface area (TPSA) is 61.4 Å². The van der Waals surface area contributed by atoms with Gasteiger partial charge in [0.25, 0.3) is 5.92 Å². The van der Waals surface area contributed by atoms with Gasteiger partial charge in [0, 0.05) is 37.5 Å². The first-order valence-corrected chi connectivity index (χ1v) is 8.20. The van der Waals surface area contributed by atoms with Crippen molar-refractivity contribution in [3.05, 3.63) is 23.8 Å². The molecule has 2 fully saturated rings. The van der Waals surface area contributed by atoms with Crippen molar-refractivity contribution in [3.8, 4) is 0 Å². The van der Waals surface area contributed by atoms with Crippen molar-refractivity contribution in [2.45, 2.75) is 38.5 Å². The standard InChI is InChI=1S/C17H21F2N3O2/c1-11-4-5-13(10-14(11)22-8-7-20-16(22)24)21-15(23)9-12-3-2-6-17(12,18)19/h4-5,10,12H,2-3,6-9H2,1H3,(H,20,24)(H,21,23). The molecule has 0 bridgehead atoms. The van der Waals surface area contributed by atoms with Gasteiger partial charge in [-0.15, -0.1) is 0 Å². The van der Waals surface area contributed by atoms with E-state index >= 15 is 0 Å². The van der Waals surface area contributed by atoms with Gasteiger partial charge in [-0.1, -0.05) is 6.07 Å². The zero-order chi connectivity index (χ0) is 17.3. The Balaban J connectivity index is 1.69. The fourth-order valence-electron chi connectivity index (χ4n) is 3.37. The van der Waals surface area contributed by atoms with Crippen molar-refractivity contribution in [1.29, 1.82) is 0 Å². The summed E-state index contributed by atoms with van der Waals surface area (Å²) in [5, 5.41) is 5.41. The summed E-state index contributed by atoms with van der Waals surface area (Å²) in [6.45, 7) is 3.02. The first-order valence-electron chi connectivity index (χ1n) is 8.20. The Kier molecular flexibility index (Phi) is 4.43. The number of urea groups is 1. The van der Waals surface area contributed by atoms with Crippen LogP contribution in [-0.2, 0) is 4.79 Å². The van der Waals surface area contributed by atoms with Gasteiger partial charge in [0.1, 0.15) is 0 Å². The number of benzene rings is 1. The minimum Gasteiger partial charge on any atom is -0.336 e. The highest BCUT2D eigenvalue weighted by molar-refractivity contribution is 5.97. The molecule has 24 heavy (non-hydrogen) atoms. The number of nitrogens with zero attached hydrogens (tertiary/aromatic N) is 1. The van der Waals surface area contributed by atoms with Crippen molar-refractivity contribution >= 4 is 23.3 Å². The Morgan fingerprint density at radius 3 is 2.88 bits per heavy atom. The Morgan fingerprint density at radius 1 is 1.46 bits per heavy atom. The molecule has 7 heteroatoms. The highest BCUT2D eigenvalue weighted by atomic mass is 19.3.